The van der Waals surface area contributed by atoms with Crippen molar-refractivity contribution in [3.63, 3.8) is 0 Å². The number of rotatable bonds is 5. The smallest absolute Gasteiger partial charge is 0.410 e. The topological polar surface area (TPSA) is 67.8 Å². The molecular weight excluding hydrogens is 435 g/mol. The van der Waals surface area contributed by atoms with E-state index in [9.17, 15) is 9.18 Å². The number of anilines is 1. The van der Waals surface area contributed by atoms with Crippen molar-refractivity contribution in [3.05, 3.63) is 77.2 Å². The third kappa shape index (κ3) is 5.11. The molecule has 176 valence electrons. The number of ether oxygens (including phenoxy) is 2. The van der Waals surface area contributed by atoms with Crippen LogP contribution in [0.3, 0.4) is 0 Å². The monoisotopic (exact) mass is 462 g/mol. The van der Waals surface area contributed by atoms with Gasteiger partial charge in [-0.1, -0.05) is 36.4 Å². The van der Waals surface area contributed by atoms with Crippen LogP contribution in [0.4, 0.5) is 15.1 Å². The van der Waals surface area contributed by atoms with Gasteiger partial charge in [-0.2, -0.15) is 4.98 Å². The molecule has 8 heteroatoms. The number of hydrogen-bond donors (Lipinski definition) is 0. The van der Waals surface area contributed by atoms with Crippen molar-refractivity contribution < 1.29 is 18.7 Å². The molecule has 2 aliphatic heterocycles. The first-order chi connectivity index (χ1) is 16.7. The Balaban J connectivity index is 1.39. The predicted octanol–water partition coefficient (Wildman–Crippen LogP) is 5.09. The van der Waals surface area contributed by atoms with E-state index in [2.05, 4.69) is 4.90 Å². The van der Waals surface area contributed by atoms with Gasteiger partial charge >= 0.3 is 6.09 Å². The molecule has 1 aromatic heterocycles. The van der Waals surface area contributed by atoms with Crippen LogP contribution in [0.1, 0.15) is 36.1 Å². The average molecular weight is 463 g/mol. The molecule has 2 aromatic carbocycles. The Bertz CT molecular complexity index is 1150. The standard InChI is InChI=1S/C26H27FN4O3/c27-20-10-7-11-21(16-20)34-24-22-17-31(26(32)33-18-19-8-3-1-4-9-19)15-12-23(22)28-25(29-24)30-13-5-2-6-14-30/h1,3-4,7-11,16H,2,5-6,12-15,17-18H2. The minimum absolute atomic E-state index is 0.208. The number of fused-ring (bicyclic) bond motifs is 1. The average Bonchev–Trinajstić information content (AvgIpc) is 2.88. The molecule has 34 heavy (non-hydrogen) atoms. The molecule has 2 aliphatic rings. The molecule has 1 fully saturated rings. The van der Waals surface area contributed by atoms with Gasteiger partial charge in [0.1, 0.15) is 18.2 Å². The Morgan fingerprint density at radius 3 is 2.59 bits per heavy atom. The quantitative estimate of drug-likeness (QED) is 0.526. The maximum Gasteiger partial charge on any atom is 0.410 e. The third-order valence-electron chi connectivity index (χ3n) is 6.12. The lowest BCUT2D eigenvalue weighted by Crippen LogP contribution is -2.38. The molecular formula is C26H27FN4O3. The Morgan fingerprint density at radius 1 is 0.971 bits per heavy atom. The van der Waals surface area contributed by atoms with Gasteiger partial charge in [-0.15, -0.1) is 0 Å². The number of hydrogen-bond acceptors (Lipinski definition) is 6. The van der Waals surface area contributed by atoms with Gasteiger partial charge in [-0.3, -0.25) is 0 Å². The zero-order chi connectivity index (χ0) is 23.3. The van der Waals surface area contributed by atoms with Crippen LogP contribution >= 0.6 is 0 Å². The van der Waals surface area contributed by atoms with Crippen molar-refractivity contribution in [2.45, 2.75) is 38.8 Å². The molecule has 1 saturated heterocycles. The summed E-state index contributed by atoms with van der Waals surface area (Å²) in [7, 11) is 0. The van der Waals surface area contributed by atoms with Crippen LogP contribution in [0.25, 0.3) is 0 Å². The van der Waals surface area contributed by atoms with Crippen molar-refractivity contribution >= 4 is 12.0 Å². The minimum atomic E-state index is -0.397. The number of amides is 1. The number of halogens is 1. The Morgan fingerprint density at radius 2 is 1.79 bits per heavy atom. The van der Waals surface area contributed by atoms with Crippen LogP contribution in [0.2, 0.25) is 0 Å². The Labute approximate surface area is 198 Å². The summed E-state index contributed by atoms with van der Waals surface area (Å²) in [5.74, 6) is 0.957. The minimum Gasteiger partial charge on any atom is -0.445 e. The lowest BCUT2D eigenvalue weighted by atomic mass is 10.1. The first kappa shape index (κ1) is 22.1. The second-order valence-corrected chi connectivity index (χ2v) is 8.57. The highest BCUT2D eigenvalue weighted by Crippen LogP contribution is 2.32. The van der Waals surface area contributed by atoms with E-state index in [1.165, 1.54) is 18.6 Å². The second-order valence-electron chi connectivity index (χ2n) is 8.57. The maximum absolute atomic E-state index is 13.8. The molecule has 1 amide bonds. The summed E-state index contributed by atoms with van der Waals surface area (Å²) >= 11 is 0. The lowest BCUT2D eigenvalue weighted by molar-refractivity contribution is 0.0912. The highest BCUT2D eigenvalue weighted by atomic mass is 19.1. The van der Waals surface area contributed by atoms with Gasteiger partial charge in [0.05, 0.1) is 17.8 Å². The van der Waals surface area contributed by atoms with Crippen molar-refractivity contribution in [2.75, 3.05) is 24.5 Å². The molecule has 0 spiro atoms. The largest absolute Gasteiger partial charge is 0.445 e. The predicted molar refractivity (Wildman–Crippen MR) is 125 cm³/mol. The molecule has 0 unspecified atom stereocenters. The summed E-state index contributed by atoms with van der Waals surface area (Å²) in [5, 5.41) is 0. The second kappa shape index (κ2) is 10.1. The third-order valence-corrected chi connectivity index (χ3v) is 6.12. The zero-order valence-electron chi connectivity index (χ0n) is 19.0. The van der Waals surface area contributed by atoms with E-state index in [4.69, 9.17) is 19.4 Å². The number of carbonyl (C=O) groups excluding carboxylic acids is 1. The summed E-state index contributed by atoms with van der Waals surface area (Å²) in [6.07, 6.45) is 3.57. The fourth-order valence-electron chi connectivity index (χ4n) is 4.30. The van der Waals surface area contributed by atoms with E-state index in [0.29, 0.717) is 30.5 Å². The first-order valence-corrected chi connectivity index (χ1v) is 11.7. The van der Waals surface area contributed by atoms with Crippen LogP contribution in [0.15, 0.2) is 54.6 Å². The van der Waals surface area contributed by atoms with Gasteiger partial charge in [0.2, 0.25) is 11.8 Å². The van der Waals surface area contributed by atoms with Crippen LogP contribution in [-0.4, -0.2) is 40.6 Å². The SMILES string of the molecule is O=C(OCc1ccccc1)N1CCc2nc(N3CCCCC3)nc(Oc3cccc(F)c3)c2C1. The van der Waals surface area contributed by atoms with E-state index in [-0.39, 0.29) is 19.0 Å². The molecule has 0 aliphatic carbocycles. The number of benzene rings is 2. The van der Waals surface area contributed by atoms with Crippen LogP contribution in [-0.2, 0) is 24.3 Å². The summed E-state index contributed by atoms with van der Waals surface area (Å²) in [6.45, 7) is 2.77. The highest BCUT2D eigenvalue weighted by molar-refractivity contribution is 5.68. The van der Waals surface area contributed by atoms with Crippen LogP contribution < -0.4 is 9.64 Å². The van der Waals surface area contributed by atoms with Crippen LogP contribution in [0, 0.1) is 5.82 Å². The molecule has 3 heterocycles. The summed E-state index contributed by atoms with van der Waals surface area (Å²) in [4.78, 5) is 26.1. The molecule has 7 nitrogen and oxygen atoms in total. The van der Waals surface area contributed by atoms with Crippen molar-refractivity contribution in [2.24, 2.45) is 0 Å². The fraction of sp³-hybridized carbons (Fsp3) is 0.346. The molecule has 5 rings (SSSR count). The molecule has 3 aromatic rings. The number of piperidine rings is 1. The van der Waals surface area contributed by atoms with Gasteiger partial charge in [0.15, 0.2) is 0 Å². The molecule has 0 N–H and O–H groups in total. The van der Waals surface area contributed by atoms with Gasteiger partial charge < -0.3 is 19.3 Å². The van der Waals surface area contributed by atoms with E-state index in [1.807, 2.05) is 30.3 Å². The highest BCUT2D eigenvalue weighted by Gasteiger charge is 2.29. The summed E-state index contributed by atoms with van der Waals surface area (Å²) < 4.78 is 25.4. The maximum atomic E-state index is 13.8. The Kier molecular flexibility index (Phi) is 6.56. The normalized spacial score (nSPS) is 15.6. The summed E-state index contributed by atoms with van der Waals surface area (Å²) in [5.41, 5.74) is 2.51. The number of carbonyl (C=O) groups is 1. The number of aromatic nitrogens is 2. The fourth-order valence-corrected chi connectivity index (χ4v) is 4.30. The van der Waals surface area contributed by atoms with Gasteiger partial charge in [0.25, 0.3) is 0 Å². The Hall–Kier alpha value is -3.68. The summed E-state index contributed by atoms with van der Waals surface area (Å²) in [6, 6.07) is 15.5. The van der Waals surface area contributed by atoms with E-state index < -0.39 is 6.09 Å². The van der Waals surface area contributed by atoms with Crippen molar-refractivity contribution in [3.8, 4) is 11.6 Å². The molecule has 0 radical (unpaired) electrons. The first-order valence-electron chi connectivity index (χ1n) is 11.7. The van der Waals surface area contributed by atoms with Gasteiger partial charge in [-0.25, -0.2) is 14.2 Å². The molecule has 0 saturated carbocycles. The van der Waals surface area contributed by atoms with Crippen molar-refractivity contribution in [1.82, 2.24) is 14.9 Å². The zero-order valence-corrected chi connectivity index (χ0v) is 19.0. The van der Waals surface area contributed by atoms with Crippen LogP contribution in [0.5, 0.6) is 11.6 Å². The van der Waals surface area contributed by atoms with Crippen molar-refractivity contribution in [1.29, 1.82) is 0 Å². The molecule has 0 atom stereocenters. The van der Waals surface area contributed by atoms with E-state index in [0.717, 1.165) is 42.8 Å². The lowest BCUT2D eigenvalue weighted by Gasteiger charge is -2.31. The van der Waals surface area contributed by atoms with E-state index >= 15 is 0 Å². The van der Waals surface area contributed by atoms with Gasteiger partial charge in [-0.05, 0) is 37.0 Å². The number of nitrogens with zero attached hydrogens (tertiary/aromatic N) is 4. The van der Waals surface area contributed by atoms with Gasteiger partial charge in [0, 0.05) is 32.1 Å². The molecule has 0 bridgehead atoms. The van der Waals surface area contributed by atoms with E-state index in [1.54, 1.807) is 17.0 Å².